The lowest BCUT2D eigenvalue weighted by molar-refractivity contribution is -0.141. The highest BCUT2D eigenvalue weighted by atomic mass is 16.5. The van der Waals surface area contributed by atoms with Crippen molar-refractivity contribution in [3.05, 3.63) is 66.0 Å². The summed E-state index contributed by atoms with van der Waals surface area (Å²) in [5, 5.41) is 0. The summed E-state index contributed by atoms with van der Waals surface area (Å²) in [7, 11) is 0. The predicted molar refractivity (Wildman–Crippen MR) is 88.8 cm³/mol. The monoisotopic (exact) mass is 310 g/mol. The summed E-state index contributed by atoms with van der Waals surface area (Å²) in [5.41, 5.74) is 2.34. The van der Waals surface area contributed by atoms with Gasteiger partial charge in [-0.05, 0) is 42.5 Å². The van der Waals surface area contributed by atoms with E-state index < -0.39 is 0 Å². The van der Waals surface area contributed by atoms with Crippen molar-refractivity contribution >= 4 is 5.91 Å². The summed E-state index contributed by atoms with van der Waals surface area (Å²) in [5.74, 6) is 0.107. The number of amides is 1. The van der Waals surface area contributed by atoms with Crippen LogP contribution in [0.15, 0.2) is 54.9 Å². The molecule has 0 spiro atoms. The largest absolute Gasteiger partial charge is 0.368 e. The first-order chi connectivity index (χ1) is 11.3. The standard InChI is InChI=1S/C19H22N2O2/c22-19(18-7-4-14-23-18)21(15-17-8-11-20-12-9-17)13-10-16-5-2-1-3-6-16/h1-3,5-6,8-9,11-12,18H,4,7,10,13-15H2. The van der Waals surface area contributed by atoms with E-state index in [1.165, 1.54) is 5.56 Å². The third-order valence-corrected chi connectivity index (χ3v) is 4.15. The van der Waals surface area contributed by atoms with Gasteiger partial charge in [-0.2, -0.15) is 0 Å². The van der Waals surface area contributed by atoms with Gasteiger partial charge in [-0.1, -0.05) is 30.3 Å². The Balaban J connectivity index is 1.68. The molecule has 0 radical (unpaired) electrons. The second-order valence-electron chi connectivity index (χ2n) is 5.85. The molecule has 0 aliphatic carbocycles. The van der Waals surface area contributed by atoms with Crippen molar-refractivity contribution in [2.24, 2.45) is 0 Å². The fourth-order valence-electron chi connectivity index (χ4n) is 2.86. The van der Waals surface area contributed by atoms with E-state index in [0.29, 0.717) is 19.7 Å². The molecule has 0 saturated carbocycles. The van der Waals surface area contributed by atoms with E-state index in [-0.39, 0.29) is 12.0 Å². The van der Waals surface area contributed by atoms with E-state index in [2.05, 4.69) is 17.1 Å². The average Bonchev–Trinajstić information content (AvgIpc) is 3.14. The van der Waals surface area contributed by atoms with Crippen LogP contribution in [0.5, 0.6) is 0 Å². The molecule has 1 saturated heterocycles. The summed E-state index contributed by atoms with van der Waals surface area (Å²) in [6.45, 7) is 2.00. The Bertz CT molecular complexity index is 610. The molecular formula is C19H22N2O2. The van der Waals surface area contributed by atoms with Crippen LogP contribution in [0.2, 0.25) is 0 Å². The maximum Gasteiger partial charge on any atom is 0.252 e. The number of carbonyl (C=O) groups excluding carboxylic acids is 1. The van der Waals surface area contributed by atoms with Crippen LogP contribution in [0.25, 0.3) is 0 Å². The number of pyridine rings is 1. The van der Waals surface area contributed by atoms with Crippen molar-refractivity contribution in [2.75, 3.05) is 13.2 Å². The Morgan fingerprint density at radius 3 is 2.61 bits per heavy atom. The lowest BCUT2D eigenvalue weighted by atomic mass is 10.1. The van der Waals surface area contributed by atoms with Crippen LogP contribution >= 0.6 is 0 Å². The van der Waals surface area contributed by atoms with E-state index in [1.54, 1.807) is 12.4 Å². The van der Waals surface area contributed by atoms with E-state index in [9.17, 15) is 4.79 Å². The smallest absolute Gasteiger partial charge is 0.252 e. The van der Waals surface area contributed by atoms with E-state index in [1.807, 2.05) is 35.2 Å². The van der Waals surface area contributed by atoms with Crippen molar-refractivity contribution in [3.8, 4) is 0 Å². The van der Waals surface area contributed by atoms with Gasteiger partial charge in [0.25, 0.3) is 5.91 Å². The third kappa shape index (κ3) is 4.39. The van der Waals surface area contributed by atoms with Crippen molar-refractivity contribution < 1.29 is 9.53 Å². The molecule has 0 bridgehead atoms. The molecule has 1 aromatic carbocycles. The molecule has 1 amide bonds. The second-order valence-corrected chi connectivity index (χ2v) is 5.85. The van der Waals surface area contributed by atoms with Crippen LogP contribution in [0.1, 0.15) is 24.0 Å². The van der Waals surface area contributed by atoms with Crippen LogP contribution in [-0.2, 0) is 22.5 Å². The van der Waals surface area contributed by atoms with Crippen LogP contribution in [-0.4, -0.2) is 35.0 Å². The highest BCUT2D eigenvalue weighted by molar-refractivity contribution is 5.81. The molecule has 1 fully saturated rings. The predicted octanol–water partition coefficient (Wildman–Crippen LogP) is 2.83. The lowest BCUT2D eigenvalue weighted by Gasteiger charge is -2.25. The normalized spacial score (nSPS) is 17.1. The fraction of sp³-hybridized carbons (Fsp3) is 0.368. The molecule has 4 heteroatoms. The van der Waals surface area contributed by atoms with Gasteiger partial charge < -0.3 is 9.64 Å². The van der Waals surface area contributed by atoms with Gasteiger partial charge in [0.05, 0.1) is 0 Å². The first-order valence-electron chi connectivity index (χ1n) is 8.16. The van der Waals surface area contributed by atoms with Gasteiger partial charge in [0.1, 0.15) is 6.10 Å². The Labute approximate surface area is 137 Å². The topological polar surface area (TPSA) is 42.4 Å². The highest BCUT2D eigenvalue weighted by Gasteiger charge is 2.28. The number of hydrogen-bond acceptors (Lipinski definition) is 3. The summed E-state index contributed by atoms with van der Waals surface area (Å²) < 4.78 is 5.58. The van der Waals surface area contributed by atoms with Crippen LogP contribution in [0.4, 0.5) is 0 Å². The minimum Gasteiger partial charge on any atom is -0.368 e. The summed E-state index contributed by atoms with van der Waals surface area (Å²) in [4.78, 5) is 18.7. The molecule has 1 aromatic heterocycles. The van der Waals surface area contributed by atoms with E-state index >= 15 is 0 Å². The van der Waals surface area contributed by atoms with Crippen molar-refractivity contribution in [2.45, 2.75) is 31.9 Å². The number of benzene rings is 1. The molecule has 1 aliphatic rings. The number of aromatic nitrogens is 1. The summed E-state index contributed by atoms with van der Waals surface area (Å²) in [6, 6.07) is 14.2. The number of hydrogen-bond donors (Lipinski definition) is 0. The van der Waals surface area contributed by atoms with Gasteiger partial charge in [-0.25, -0.2) is 0 Å². The average molecular weight is 310 g/mol. The minimum atomic E-state index is -0.271. The maximum atomic E-state index is 12.8. The molecule has 2 heterocycles. The summed E-state index contributed by atoms with van der Waals surface area (Å²) in [6.07, 6.45) is 5.91. The van der Waals surface area contributed by atoms with E-state index in [0.717, 1.165) is 24.8 Å². The molecule has 120 valence electrons. The van der Waals surface area contributed by atoms with Gasteiger partial charge in [0.15, 0.2) is 0 Å². The van der Waals surface area contributed by atoms with Gasteiger partial charge in [-0.3, -0.25) is 9.78 Å². The first kappa shape index (κ1) is 15.7. The van der Waals surface area contributed by atoms with Gasteiger partial charge in [0.2, 0.25) is 0 Å². The molecular weight excluding hydrogens is 288 g/mol. The molecule has 23 heavy (non-hydrogen) atoms. The second kappa shape index (κ2) is 7.88. The first-order valence-corrected chi connectivity index (χ1v) is 8.16. The zero-order chi connectivity index (χ0) is 15.9. The van der Waals surface area contributed by atoms with Crippen molar-refractivity contribution in [1.82, 2.24) is 9.88 Å². The van der Waals surface area contributed by atoms with E-state index in [4.69, 9.17) is 4.74 Å². The minimum absolute atomic E-state index is 0.107. The zero-order valence-electron chi connectivity index (χ0n) is 13.2. The molecule has 1 aliphatic heterocycles. The van der Waals surface area contributed by atoms with Gasteiger partial charge >= 0.3 is 0 Å². The Morgan fingerprint density at radius 1 is 1.13 bits per heavy atom. The highest BCUT2D eigenvalue weighted by Crippen LogP contribution is 2.17. The van der Waals surface area contributed by atoms with Gasteiger partial charge in [-0.15, -0.1) is 0 Å². The molecule has 2 aromatic rings. The molecule has 1 atom stereocenters. The Morgan fingerprint density at radius 2 is 1.91 bits per heavy atom. The van der Waals surface area contributed by atoms with Gasteiger partial charge in [0, 0.05) is 32.1 Å². The fourth-order valence-corrected chi connectivity index (χ4v) is 2.86. The third-order valence-electron chi connectivity index (χ3n) is 4.15. The number of carbonyl (C=O) groups is 1. The molecule has 3 rings (SSSR count). The number of nitrogens with zero attached hydrogens (tertiary/aromatic N) is 2. The quantitative estimate of drug-likeness (QED) is 0.824. The van der Waals surface area contributed by atoms with Crippen molar-refractivity contribution in [3.63, 3.8) is 0 Å². The van der Waals surface area contributed by atoms with Crippen LogP contribution in [0.3, 0.4) is 0 Å². The number of ether oxygens (including phenoxy) is 1. The molecule has 4 nitrogen and oxygen atoms in total. The van der Waals surface area contributed by atoms with Crippen LogP contribution in [0, 0.1) is 0 Å². The Hall–Kier alpha value is -2.20. The molecule has 1 unspecified atom stereocenters. The SMILES string of the molecule is O=C(C1CCCO1)N(CCc1ccccc1)Cc1ccncc1. The maximum absolute atomic E-state index is 12.8. The summed E-state index contributed by atoms with van der Waals surface area (Å²) >= 11 is 0. The Kier molecular flexibility index (Phi) is 5.37. The van der Waals surface area contributed by atoms with Crippen molar-refractivity contribution in [1.29, 1.82) is 0 Å². The number of rotatable bonds is 6. The van der Waals surface area contributed by atoms with Crippen LogP contribution < -0.4 is 0 Å². The zero-order valence-corrected chi connectivity index (χ0v) is 13.2. The molecule has 0 N–H and O–H groups in total. The lowest BCUT2D eigenvalue weighted by Crippen LogP contribution is -2.39.